The molecule has 0 radical (unpaired) electrons. The Morgan fingerprint density at radius 1 is 1.53 bits per heavy atom. The number of ether oxygens (including phenoxy) is 1. The number of aryl methyl sites for hydroxylation is 1. The van der Waals surface area contributed by atoms with Gasteiger partial charge in [-0.15, -0.1) is 0 Å². The molecule has 2 aromatic heterocycles. The van der Waals surface area contributed by atoms with Crippen molar-refractivity contribution in [2.45, 2.75) is 6.92 Å². The minimum absolute atomic E-state index is 0.143. The fourth-order valence-corrected chi connectivity index (χ4v) is 1.48. The smallest absolute Gasteiger partial charge is 0.339 e. The van der Waals surface area contributed by atoms with Crippen LogP contribution in [0.25, 0.3) is 5.52 Å². The van der Waals surface area contributed by atoms with Gasteiger partial charge in [0.25, 0.3) is 0 Å². The number of fused-ring (bicyclic) bond motifs is 1. The SMILES string of the molecule is COc1cn2nc(C)cc2cc1C(=O)O. The number of hydrogen-bond donors (Lipinski definition) is 1. The molecule has 5 nitrogen and oxygen atoms in total. The highest BCUT2D eigenvalue weighted by Gasteiger charge is 2.13. The highest BCUT2D eigenvalue weighted by atomic mass is 16.5. The van der Waals surface area contributed by atoms with Crippen molar-refractivity contribution in [3.8, 4) is 5.75 Å². The van der Waals surface area contributed by atoms with E-state index in [-0.39, 0.29) is 5.56 Å². The number of hydrogen-bond acceptors (Lipinski definition) is 3. The molecule has 0 bridgehead atoms. The number of aromatic nitrogens is 2. The van der Waals surface area contributed by atoms with Crippen LogP contribution in [0.15, 0.2) is 18.3 Å². The number of carboxylic acid groups (broad SMARTS) is 1. The average molecular weight is 206 g/mol. The summed E-state index contributed by atoms with van der Waals surface area (Å²) < 4.78 is 6.58. The zero-order valence-corrected chi connectivity index (χ0v) is 8.39. The molecule has 2 aromatic rings. The lowest BCUT2D eigenvalue weighted by molar-refractivity contribution is 0.0693. The maximum absolute atomic E-state index is 10.9. The summed E-state index contributed by atoms with van der Waals surface area (Å²) in [5.74, 6) is -0.702. The number of carbonyl (C=O) groups is 1. The Labute approximate surface area is 85.9 Å². The van der Waals surface area contributed by atoms with E-state index in [9.17, 15) is 4.79 Å². The van der Waals surface area contributed by atoms with Crippen molar-refractivity contribution >= 4 is 11.5 Å². The van der Waals surface area contributed by atoms with Gasteiger partial charge >= 0.3 is 5.97 Å². The van der Waals surface area contributed by atoms with Gasteiger partial charge in [0.2, 0.25) is 0 Å². The molecule has 5 heteroatoms. The molecule has 2 heterocycles. The fourth-order valence-electron chi connectivity index (χ4n) is 1.48. The summed E-state index contributed by atoms with van der Waals surface area (Å²) in [7, 11) is 1.43. The molecular formula is C10H10N2O3. The van der Waals surface area contributed by atoms with Crippen LogP contribution in [0.1, 0.15) is 16.1 Å². The third-order valence-electron chi connectivity index (χ3n) is 2.13. The predicted molar refractivity (Wildman–Crippen MR) is 53.4 cm³/mol. The topological polar surface area (TPSA) is 63.8 Å². The van der Waals surface area contributed by atoms with E-state index < -0.39 is 5.97 Å². The standard InChI is InChI=1S/C10H10N2O3/c1-6-3-7-4-8(10(13)14)9(15-2)5-12(7)11-6/h3-5H,1-2H3,(H,13,14). The number of methoxy groups -OCH3 is 1. The van der Waals surface area contributed by atoms with Crippen molar-refractivity contribution in [2.75, 3.05) is 7.11 Å². The number of nitrogens with zero attached hydrogens (tertiary/aromatic N) is 2. The van der Waals surface area contributed by atoms with Gasteiger partial charge in [-0.25, -0.2) is 9.31 Å². The summed E-state index contributed by atoms with van der Waals surface area (Å²) in [5.41, 5.74) is 1.72. The van der Waals surface area contributed by atoms with Gasteiger partial charge < -0.3 is 9.84 Å². The van der Waals surface area contributed by atoms with Gasteiger partial charge in [0.05, 0.1) is 24.5 Å². The predicted octanol–water partition coefficient (Wildman–Crippen LogP) is 1.35. The highest BCUT2D eigenvalue weighted by molar-refractivity contribution is 5.92. The maximum Gasteiger partial charge on any atom is 0.339 e. The Balaban J connectivity index is 2.73. The van der Waals surface area contributed by atoms with E-state index in [1.54, 1.807) is 16.8 Å². The Kier molecular flexibility index (Phi) is 2.07. The highest BCUT2D eigenvalue weighted by Crippen LogP contribution is 2.20. The van der Waals surface area contributed by atoms with Gasteiger partial charge in [-0.3, -0.25) is 0 Å². The largest absolute Gasteiger partial charge is 0.494 e. The summed E-state index contributed by atoms with van der Waals surface area (Å²) in [6, 6.07) is 3.35. The molecule has 0 aromatic carbocycles. The second kappa shape index (κ2) is 3.27. The molecule has 2 rings (SSSR count). The minimum atomic E-state index is -1.01. The van der Waals surface area contributed by atoms with Crippen molar-refractivity contribution in [3.63, 3.8) is 0 Å². The third-order valence-corrected chi connectivity index (χ3v) is 2.13. The van der Waals surface area contributed by atoms with Crippen molar-refractivity contribution < 1.29 is 14.6 Å². The van der Waals surface area contributed by atoms with E-state index in [0.717, 1.165) is 11.2 Å². The second-order valence-electron chi connectivity index (χ2n) is 3.22. The van der Waals surface area contributed by atoms with Gasteiger partial charge in [-0.05, 0) is 19.1 Å². The second-order valence-corrected chi connectivity index (χ2v) is 3.22. The van der Waals surface area contributed by atoms with E-state index in [1.165, 1.54) is 7.11 Å². The lowest BCUT2D eigenvalue weighted by atomic mass is 10.2. The van der Waals surface area contributed by atoms with Crippen molar-refractivity contribution in [2.24, 2.45) is 0 Å². The lowest BCUT2D eigenvalue weighted by Crippen LogP contribution is -2.02. The van der Waals surface area contributed by atoms with Crippen LogP contribution < -0.4 is 4.74 Å². The number of carboxylic acids is 1. The van der Waals surface area contributed by atoms with E-state index in [2.05, 4.69) is 5.10 Å². The lowest BCUT2D eigenvalue weighted by Gasteiger charge is -2.04. The molecule has 0 spiro atoms. The first kappa shape index (κ1) is 9.51. The average Bonchev–Trinajstić information content (AvgIpc) is 2.54. The van der Waals surface area contributed by atoms with Crippen LogP contribution in [-0.4, -0.2) is 27.8 Å². The molecule has 0 aliphatic heterocycles. The summed E-state index contributed by atoms with van der Waals surface area (Å²) in [5, 5.41) is 13.1. The van der Waals surface area contributed by atoms with Gasteiger partial charge in [-0.1, -0.05) is 0 Å². The molecule has 15 heavy (non-hydrogen) atoms. The zero-order valence-electron chi connectivity index (χ0n) is 8.39. The molecule has 0 saturated carbocycles. The summed E-state index contributed by atoms with van der Waals surface area (Å²) in [6.45, 7) is 1.85. The molecule has 0 aliphatic rings. The Bertz CT molecular complexity index is 531. The first-order valence-corrected chi connectivity index (χ1v) is 4.39. The molecule has 0 atom stereocenters. The van der Waals surface area contributed by atoms with Crippen molar-refractivity contribution in [1.82, 2.24) is 9.61 Å². The van der Waals surface area contributed by atoms with Crippen molar-refractivity contribution in [1.29, 1.82) is 0 Å². The molecule has 0 unspecified atom stereocenters. The normalized spacial score (nSPS) is 10.5. The third kappa shape index (κ3) is 1.52. The first-order chi connectivity index (χ1) is 7.11. The molecule has 0 fully saturated rings. The minimum Gasteiger partial charge on any atom is -0.494 e. The molecule has 0 amide bonds. The quantitative estimate of drug-likeness (QED) is 0.805. The Morgan fingerprint density at radius 2 is 2.27 bits per heavy atom. The molecule has 0 aliphatic carbocycles. The van der Waals surface area contributed by atoms with Crippen molar-refractivity contribution in [3.05, 3.63) is 29.6 Å². The molecule has 1 N–H and O–H groups in total. The number of rotatable bonds is 2. The monoisotopic (exact) mass is 206 g/mol. The van der Waals surface area contributed by atoms with Crippen LogP contribution >= 0.6 is 0 Å². The van der Waals surface area contributed by atoms with Crippen LogP contribution in [0, 0.1) is 6.92 Å². The molecule has 78 valence electrons. The zero-order chi connectivity index (χ0) is 11.0. The van der Waals surface area contributed by atoms with E-state index >= 15 is 0 Å². The van der Waals surface area contributed by atoms with Gasteiger partial charge in [0.15, 0.2) is 5.75 Å². The van der Waals surface area contributed by atoms with Crippen LogP contribution in [0.4, 0.5) is 0 Å². The van der Waals surface area contributed by atoms with Crippen LogP contribution in [-0.2, 0) is 0 Å². The maximum atomic E-state index is 10.9. The van der Waals surface area contributed by atoms with E-state index in [4.69, 9.17) is 9.84 Å². The molecular weight excluding hydrogens is 196 g/mol. The van der Waals surface area contributed by atoms with Gasteiger partial charge in [0.1, 0.15) is 5.56 Å². The van der Waals surface area contributed by atoms with Crippen LogP contribution in [0.2, 0.25) is 0 Å². The summed E-state index contributed by atoms with van der Waals surface area (Å²) >= 11 is 0. The van der Waals surface area contributed by atoms with Crippen LogP contribution in [0.3, 0.4) is 0 Å². The van der Waals surface area contributed by atoms with E-state index in [1.807, 2.05) is 13.0 Å². The summed E-state index contributed by atoms with van der Waals surface area (Å²) in [6.07, 6.45) is 1.56. The number of pyridine rings is 1. The number of aromatic carboxylic acids is 1. The Hall–Kier alpha value is -2.04. The van der Waals surface area contributed by atoms with Crippen LogP contribution in [0.5, 0.6) is 5.75 Å². The van der Waals surface area contributed by atoms with E-state index in [0.29, 0.717) is 5.75 Å². The fraction of sp³-hybridized carbons (Fsp3) is 0.200. The molecule has 0 saturated heterocycles. The van der Waals surface area contributed by atoms with Gasteiger partial charge in [-0.2, -0.15) is 5.10 Å². The summed E-state index contributed by atoms with van der Waals surface area (Å²) in [4.78, 5) is 10.9. The van der Waals surface area contributed by atoms with Gasteiger partial charge in [0, 0.05) is 0 Å². The first-order valence-electron chi connectivity index (χ1n) is 4.39. The Morgan fingerprint density at radius 3 is 2.87 bits per heavy atom.